The Labute approximate surface area is 157 Å². The summed E-state index contributed by atoms with van der Waals surface area (Å²) in [5.41, 5.74) is -1.94. The van der Waals surface area contributed by atoms with Crippen molar-refractivity contribution >= 4 is 17.6 Å². The number of ether oxygens (including phenoxy) is 1. The van der Waals surface area contributed by atoms with Gasteiger partial charge in [-0.2, -0.15) is 0 Å². The standard InChI is InChI=1S/C20H22ClFO4/c1-19(2,15-10-14(22)8-9-17(15)26-3)12-20(25,18(23)24)11-13-6-4-5-7-16(13)21/h4-10,25H,11-12H2,1-3H3,(H,23,24). The Bertz CT molecular complexity index is 806. The second-order valence-electron chi connectivity index (χ2n) is 7.01. The highest BCUT2D eigenvalue weighted by molar-refractivity contribution is 6.31. The van der Waals surface area contributed by atoms with Crippen molar-refractivity contribution in [2.75, 3.05) is 7.11 Å². The fourth-order valence-electron chi connectivity index (χ4n) is 3.21. The number of halogens is 2. The Hall–Kier alpha value is -2.11. The quantitative estimate of drug-likeness (QED) is 0.755. The van der Waals surface area contributed by atoms with E-state index < -0.39 is 22.8 Å². The Balaban J connectivity index is 2.41. The number of hydrogen-bond donors (Lipinski definition) is 2. The zero-order valence-corrected chi connectivity index (χ0v) is 15.7. The number of carbonyl (C=O) groups is 1. The first-order chi connectivity index (χ1) is 12.1. The summed E-state index contributed by atoms with van der Waals surface area (Å²) in [4.78, 5) is 11.9. The van der Waals surface area contributed by atoms with Crippen molar-refractivity contribution in [2.45, 2.75) is 37.7 Å². The molecular formula is C20H22ClFO4. The normalized spacial score (nSPS) is 13.9. The molecule has 0 aromatic heterocycles. The lowest BCUT2D eigenvalue weighted by Crippen LogP contribution is -2.45. The van der Waals surface area contributed by atoms with Crippen LogP contribution in [0.3, 0.4) is 0 Å². The molecule has 0 amide bonds. The van der Waals surface area contributed by atoms with Crippen LogP contribution in [0, 0.1) is 5.82 Å². The Morgan fingerprint density at radius 1 is 1.23 bits per heavy atom. The second-order valence-corrected chi connectivity index (χ2v) is 7.42. The van der Waals surface area contributed by atoms with E-state index in [1.807, 2.05) is 0 Å². The minimum atomic E-state index is -2.08. The topological polar surface area (TPSA) is 66.8 Å². The minimum absolute atomic E-state index is 0.152. The second kappa shape index (κ2) is 7.64. The first-order valence-corrected chi connectivity index (χ1v) is 8.50. The number of carboxylic acids is 1. The molecule has 0 saturated carbocycles. The van der Waals surface area contributed by atoms with Crippen molar-refractivity contribution in [3.63, 3.8) is 0 Å². The molecule has 0 aliphatic rings. The molecular weight excluding hydrogens is 359 g/mol. The largest absolute Gasteiger partial charge is 0.496 e. The van der Waals surface area contributed by atoms with Gasteiger partial charge in [0.15, 0.2) is 5.60 Å². The molecule has 0 bridgehead atoms. The lowest BCUT2D eigenvalue weighted by Gasteiger charge is -2.35. The SMILES string of the molecule is COc1ccc(F)cc1C(C)(C)CC(O)(Cc1ccccc1Cl)C(=O)O. The summed E-state index contributed by atoms with van der Waals surface area (Å²) in [7, 11) is 1.46. The van der Waals surface area contributed by atoms with Crippen LogP contribution < -0.4 is 4.74 Å². The van der Waals surface area contributed by atoms with Crippen LogP contribution in [-0.2, 0) is 16.6 Å². The Kier molecular flexibility index (Phi) is 5.94. The average molecular weight is 381 g/mol. The summed E-state index contributed by atoms with van der Waals surface area (Å²) in [5.74, 6) is -1.39. The van der Waals surface area contributed by atoms with Crippen LogP contribution in [0.2, 0.25) is 5.02 Å². The van der Waals surface area contributed by atoms with Gasteiger partial charge in [0.1, 0.15) is 11.6 Å². The summed E-state index contributed by atoms with van der Waals surface area (Å²) < 4.78 is 19.0. The van der Waals surface area contributed by atoms with Gasteiger partial charge in [-0.15, -0.1) is 0 Å². The van der Waals surface area contributed by atoms with E-state index in [2.05, 4.69) is 0 Å². The highest BCUT2D eigenvalue weighted by atomic mass is 35.5. The maximum Gasteiger partial charge on any atom is 0.336 e. The van der Waals surface area contributed by atoms with Crippen LogP contribution in [0.1, 0.15) is 31.4 Å². The van der Waals surface area contributed by atoms with Crippen molar-refractivity contribution in [3.8, 4) is 5.75 Å². The third-order valence-electron chi connectivity index (χ3n) is 4.46. The minimum Gasteiger partial charge on any atom is -0.496 e. The number of carboxylic acid groups (broad SMARTS) is 1. The molecule has 2 aromatic rings. The van der Waals surface area contributed by atoms with Gasteiger partial charge in [-0.25, -0.2) is 9.18 Å². The molecule has 0 radical (unpaired) electrons. The summed E-state index contributed by atoms with van der Waals surface area (Å²) in [6.45, 7) is 3.48. The van der Waals surface area contributed by atoms with E-state index in [1.165, 1.54) is 25.3 Å². The average Bonchev–Trinajstić information content (AvgIpc) is 2.56. The van der Waals surface area contributed by atoms with E-state index in [0.29, 0.717) is 21.9 Å². The lowest BCUT2D eigenvalue weighted by molar-refractivity contribution is -0.160. The number of rotatable bonds is 7. The molecule has 0 aliphatic carbocycles. The van der Waals surface area contributed by atoms with Crippen molar-refractivity contribution in [1.82, 2.24) is 0 Å². The van der Waals surface area contributed by atoms with Gasteiger partial charge in [-0.1, -0.05) is 43.6 Å². The number of hydrogen-bond acceptors (Lipinski definition) is 3. The number of benzene rings is 2. The van der Waals surface area contributed by atoms with E-state index in [-0.39, 0.29) is 12.8 Å². The van der Waals surface area contributed by atoms with Crippen LogP contribution in [0.4, 0.5) is 4.39 Å². The molecule has 0 heterocycles. The Morgan fingerprint density at radius 3 is 2.46 bits per heavy atom. The van der Waals surface area contributed by atoms with E-state index in [4.69, 9.17) is 16.3 Å². The van der Waals surface area contributed by atoms with E-state index in [1.54, 1.807) is 38.1 Å². The first kappa shape index (κ1) is 20.2. The van der Waals surface area contributed by atoms with Crippen molar-refractivity contribution < 1.29 is 24.1 Å². The third kappa shape index (κ3) is 4.34. The molecule has 0 aliphatic heterocycles. The predicted octanol–water partition coefficient (Wildman–Crippen LogP) is 4.21. The van der Waals surface area contributed by atoms with Crippen LogP contribution in [-0.4, -0.2) is 28.9 Å². The third-order valence-corrected chi connectivity index (χ3v) is 4.83. The maximum absolute atomic E-state index is 13.8. The molecule has 26 heavy (non-hydrogen) atoms. The zero-order valence-electron chi connectivity index (χ0n) is 14.9. The van der Waals surface area contributed by atoms with Crippen LogP contribution in [0.5, 0.6) is 5.75 Å². The molecule has 2 rings (SSSR count). The highest BCUT2D eigenvalue weighted by Crippen LogP contribution is 2.39. The number of methoxy groups -OCH3 is 1. The van der Waals surface area contributed by atoms with Crippen LogP contribution in [0.15, 0.2) is 42.5 Å². The number of aliphatic hydroxyl groups is 1. The lowest BCUT2D eigenvalue weighted by atomic mass is 9.73. The van der Waals surface area contributed by atoms with Gasteiger partial charge >= 0.3 is 5.97 Å². The van der Waals surface area contributed by atoms with Gasteiger partial charge in [-0.05, 0) is 41.7 Å². The summed E-state index contributed by atoms with van der Waals surface area (Å²) in [6, 6.07) is 10.8. The van der Waals surface area contributed by atoms with Gasteiger partial charge in [0.2, 0.25) is 0 Å². The molecule has 1 atom stereocenters. The van der Waals surface area contributed by atoms with E-state index in [0.717, 1.165) is 0 Å². The highest BCUT2D eigenvalue weighted by Gasteiger charge is 2.43. The van der Waals surface area contributed by atoms with Gasteiger partial charge in [0, 0.05) is 17.0 Å². The van der Waals surface area contributed by atoms with Gasteiger partial charge in [0.25, 0.3) is 0 Å². The van der Waals surface area contributed by atoms with Gasteiger partial charge < -0.3 is 14.9 Å². The first-order valence-electron chi connectivity index (χ1n) is 8.12. The molecule has 4 nitrogen and oxygen atoms in total. The maximum atomic E-state index is 13.8. The zero-order chi connectivity index (χ0) is 19.5. The molecule has 0 saturated heterocycles. The van der Waals surface area contributed by atoms with Crippen molar-refractivity contribution in [1.29, 1.82) is 0 Å². The molecule has 140 valence electrons. The fraction of sp³-hybridized carbons (Fsp3) is 0.350. The summed E-state index contributed by atoms with van der Waals surface area (Å²) in [5, 5.41) is 21.0. The molecule has 0 spiro atoms. The van der Waals surface area contributed by atoms with Crippen LogP contribution >= 0.6 is 11.6 Å². The van der Waals surface area contributed by atoms with E-state index >= 15 is 0 Å². The van der Waals surface area contributed by atoms with Crippen LogP contribution in [0.25, 0.3) is 0 Å². The molecule has 2 N–H and O–H groups in total. The van der Waals surface area contributed by atoms with Crippen molar-refractivity contribution in [3.05, 3.63) is 64.4 Å². The summed E-state index contributed by atoms with van der Waals surface area (Å²) >= 11 is 6.12. The van der Waals surface area contributed by atoms with Gasteiger partial charge in [-0.3, -0.25) is 0 Å². The monoisotopic (exact) mass is 380 g/mol. The van der Waals surface area contributed by atoms with Gasteiger partial charge in [0.05, 0.1) is 7.11 Å². The summed E-state index contributed by atoms with van der Waals surface area (Å²) in [6.07, 6.45) is -0.316. The predicted molar refractivity (Wildman–Crippen MR) is 98.3 cm³/mol. The molecule has 1 unspecified atom stereocenters. The van der Waals surface area contributed by atoms with E-state index in [9.17, 15) is 19.4 Å². The fourth-order valence-corrected chi connectivity index (χ4v) is 3.41. The smallest absolute Gasteiger partial charge is 0.336 e. The Morgan fingerprint density at radius 2 is 1.88 bits per heavy atom. The molecule has 0 fully saturated rings. The van der Waals surface area contributed by atoms with Crippen molar-refractivity contribution in [2.24, 2.45) is 0 Å². The number of aliphatic carboxylic acids is 1. The molecule has 2 aromatic carbocycles. The molecule has 6 heteroatoms.